The third kappa shape index (κ3) is 3.89. The van der Waals surface area contributed by atoms with Gasteiger partial charge in [0.2, 0.25) is 0 Å². The number of alkyl halides is 3. The molecular weight excluding hydrogens is 297 g/mol. The summed E-state index contributed by atoms with van der Waals surface area (Å²) < 4.78 is 38.4. The average molecular weight is 314 g/mol. The minimum Gasteiger partial charge on any atom is -0.301 e. The molecule has 0 aromatic heterocycles. The first-order valence-electron chi connectivity index (χ1n) is 6.47. The Hall–Kier alpha value is -1.27. The summed E-state index contributed by atoms with van der Waals surface area (Å²) in [5.41, 5.74) is 5.84. The molecule has 114 valence electrons. The number of aliphatic imine (C=N–C) groups is 1. The highest BCUT2D eigenvalue weighted by molar-refractivity contribution is 8.08. The van der Waals surface area contributed by atoms with Gasteiger partial charge in [0.15, 0.2) is 0 Å². The molecule has 1 aromatic carbocycles. The zero-order valence-electron chi connectivity index (χ0n) is 12.0. The summed E-state index contributed by atoms with van der Waals surface area (Å²) in [5.74, 6) is 0. The van der Waals surface area contributed by atoms with Gasteiger partial charge in [0.05, 0.1) is 5.56 Å². The van der Waals surface area contributed by atoms with E-state index >= 15 is 0 Å². The van der Waals surface area contributed by atoms with Crippen LogP contribution in [-0.2, 0) is 6.18 Å². The number of nitrogens with two attached hydrogens (primary N) is 1. The third-order valence-corrected chi connectivity index (χ3v) is 3.98. The second-order valence-electron chi connectivity index (χ2n) is 5.86. The van der Waals surface area contributed by atoms with Crippen LogP contribution in [0, 0.1) is 5.41 Å². The van der Waals surface area contributed by atoms with Gasteiger partial charge in [-0.25, -0.2) is 0 Å². The van der Waals surface area contributed by atoms with Gasteiger partial charge in [-0.05, 0) is 23.8 Å². The van der Waals surface area contributed by atoms with Crippen molar-refractivity contribution in [1.82, 2.24) is 0 Å². The molecule has 2 nitrogen and oxygen atoms in total. The zero-order valence-corrected chi connectivity index (χ0v) is 12.8. The Morgan fingerprint density at radius 3 is 2.43 bits per heavy atom. The number of allylic oxidation sites excluding steroid dienone is 1. The number of halogens is 3. The number of nitrogens with zero attached hydrogens (tertiary/aromatic N) is 1. The van der Waals surface area contributed by atoms with Crippen molar-refractivity contribution in [3.05, 3.63) is 41.5 Å². The molecule has 0 aliphatic carbocycles. The van der Waals surface area contributed by atoms with Crippen LogP contribution >= 0.6 is 11.8 Å². The van der Waals surface area contributed by atoms with E-state index in [1.54, 1.807) is 6.07 Å². The van der Waals surface area contributed by atoms with Gasteiger partial charge >= 0.3 is 6.18 Å². The summed E-state index contributed by atoms with van der Waals surface area (Å²) >= 11 is 1.26. The molecular formula is C15H17F3N2S. The van der Waals surface area contributed by atoms with E-state index in [1.807, 2.05) is 26.8 Å². The Bertz CT molecular complexity index is 598. The number of rotatable bonds is 1. The first-order valence-corrected chi connectivity index (χ1v) is 7.35. The van der Waals surface area contributed by atoms with E-state index in [-0.39, 0.29) is 5.41 Å². The summed E-state index contributed by atoms with van der Waals surface area (Å²) in [6.07, 6.45) is -2.53. The smallest absolute Gasteiger partial charge is 0.301 e. The van der Waals surface area contributed by atoms with E-state index in [1.165, 1.54) is 17.8 Å². The lowest BCUT2D eigenvalue weighted by Gasteiger charge is -2.26. The Morgan fingerprint density at radius 1 is 1.19 bits per heavy atom. The van der Waals surface area contributed by atoms with Crippen molar-refractivity contribution in [2.75, 3.05) is 0 Å². The van der Waals surface area contributed by atoms with Gasteiger partial charge in [-0.2, -0.15) is 13.2 Å². The van der Waals surface area contributed by atoms with Crippen LogP contribution in [-0.4, -0.2) is 11.2 Å². The molecule has 6 heteroatoms. The van der Waals surface area contributed by atoms with E-state index in [2.05, 4.69) is 4.99 Å². The maximum atomic E-state index is 12.8. The lowest BCUT2D eigenvalue weighted by Crippen LogP contribution is -2.26. The van der Waals surface area contributed by atoms with Crippen molar-refractivity contribution in [2.45, 2.75) is 32.4 Å². The largest absolute Gasteiger partial charge is 0.416 e. The maximum Gasteiger partial charge on any atom is 0.416 e. The van der Waals surface area contributed by atoms with Crippen molar-refractivity contribution in [1.29, 1.82) is 0 Å². The molecule has 1 aromatic rings. The molecule has 1 atom stereocenters. The van der Waals surface area contributed by atoms with Crippen LogP contribution in [0.2, 0.25) is 0 Å². The van der Waals surface area contributed by atoms with Crippen LogP contribution in [0.1, 0.15) is 31.9 Å². The quantitative estimate of drug-likeness (QED) is 0.827. The molecule has 21 heavy (non-hydrogen) atoms. The molecule has 0 fully saturated rings. The Kier molecular flexibility index (Phi) is 4.22. The van der Waals surface area contributed by atoms with Crippen LogP contribution < -0.4 is 5.73 Å². The van der Waals surface area contributed by atoms with Crippen LogP contribution in [0.25, 0.3) is 4.91 Å². The summed E-state index contributed by atoms with van der Waals surface area (Å²) in [7, 11) is 0. The Labute approximate surface area is 126 Å². The average Bonchev–Trinajstić information content (AvgIpc) is 2.36. The summed E-state index contributed by atoms with van der Waals surface area (Å²) in [4.78, 5) is 5.08. The monoisotopic (exact) mass is 314 g/mol. The number of hydrogen-bond donors (Lipinski definition) is 1. The molecule has 0 amide bonds. The van der Waals surface area contributed by atoms with Gasteiger partial charge in [0.1, 0.15) is 5.50 Å². The highest BCUT2D eigenvalue weighted by Gasteiger charge is 2.31. The predicted octanol–water partition coefficient (Wildman–Crippen LogP) is 4.52. The van der Waals surface area contributed by atoms with Gasteiger partial charge in [0, 0.05) is 16.0 Å². The van der Waals surface area contributed by atoms with Crippen molar-refractivity contribution >= 4 is 22.4 Å². The fourth-order valence-corrected chi connectivity index (χ4v) is 2.77. The molecule has 0 saturated carbocycles. The van der Waals surface area contributed by atoms with Gasteiger partial charge < -0.3 is 5.73 Å². The lowest BCUT2D eigenvalue weighted by molar-refractivity contribution is -0.137. The van der Waals surface area contributed by atoms with Gasteiger partial charge in [-0.3, -0.25) is 4.99 Å². The van der Waals surface area contributed by atoms with E-state index in [0.717, 1.165) is 17.8 Å². The minimum absolute atomic E-state index is 0.203. The van der Waals surface area contributed by atoms with Crippen molar-refractivity contribution in [2.24, 2.45) is 16.1 Å². The molecule has 0 bridgehead atoms. The maximum absolute atomic E-state index is 12.8. The number of hydrogen-bond acceptors (Lipinski definition) is 3. The fraction of sp³-hybridized carbons (Fsp3) is 0.400. The molecule has 0 spiro atoms. The molecule has 1 heterocycles. The van der Waals surface area contributed by atoms with E-state index in [9.17, 15) is 13.2 Å². The fourth-order valence-electron chi connectivity index (χ4n) is 1.90. The standard InChI is InChI=1S/C15H17F3N2S/c1-14(2,3)12-8-11(21-13(19)20-12)9-5-4-6-10(7-9)15(16,17)18/h4-8,13H,19H2,1-3H3. The van der Waals surface area contributed by atoms with E-state index in [0.29, 0.717) is 10.5 Å². The molecule has 2 N–H and O–H groups in total. The van der Waals surface area contributed by atoms with Crippen LogP contribution in [0.15, 0.2) is 35.3 Å². The van der Waals surface area contributed by atoms with Crippen molar-refractivity contribution < 1.29 is 13.2 Å². The zero-order chi connectivity index (χ0) is 15.8. The topological polar surface area (TPSA) is 38.4 Å². The lowest BCUT2D eigenvalue weighted by atomic mass is 9.89. The minimum atomic E-state index is -4.35. The second-order valence-corrected chi connectivity index (χ2v) is 7.02. The molecule has 1 aliphatic heterocycles. The molecule has 1 aliphatic rings. The summed E-state index contributed by atoms with van der Waals surface area (Å²) in [6, 6.07) is 5.29. The number of thioether (sulfide) groups is 1. The molecule has 0 saturated heterocycles. The summed E-state index contributed by atoms with van der Waals surface area (Å²) in [6.45, 7) is 5.98. The molecule has 0 radical (unpaired) electrons. The Balaban J connectivity index is 2.43. The van der Waals surface area contributed by atoms with Gasteiger partial charge in [0.25, 0.3) is 0 Å². The van der Waals surface area contributed by atoms with E-state index in [4.69, 9.17) is 5.73 Å². The predicted molar refractivity (Wildman–Crippen MR) is 81.9 cm³/mol. The van der Waals surface area contributed by atoms with Crippen molar-refractivity contribution in [3.63, 3.8) is 0 Å². The van der Waals surface area contributed by atoms with Gasteiger partial charge in [-0.1, -0.05) is 44.7 Å². The first kappa shape index (κ1) is 16.1. The summed E-state index contributed by atoms with van der Waals surface area (Å²) in [5, 5.41) is 0. The van der Waals surface area contributed by atoms with Gasteiger partial charge in [-0.15, -0.1) is 0 Å². The highest BCUT2D eigenvalue weighted by Crippen LogP contribution is 2.38. The van der Waals surface area contributed by atoms with Crippen LogP contribution in [0.3, 0.4) is 0 Å². The normalized spacial score (nSPS) is 20.0. The van der Waals surface area contributed by atoms with Crippen LogP contribution in [0.4, 0.5) is 13.2 Å². The molecule has 2 rings (SSSR count). The highest BCUT2D eigenvalue weighted by atomic mass is 32.2. The Morgan fingerprint density at radius 2 is 1.86 bits per heavy atom. The van der Waals surface area contributed by atoms with Crippen LogP contribution in [0.5, 0.6) is 0 Å². The SMILES string of the molecule is CC(C)(C)C1=NC(N)SC(c2cccc(C(F)(F)F)c2)=C1. The van der Waals surface area contributed by atoms with E-state index < -0.39 is 17.2 Å². The number of benzene rings is 1. The molecule has 1 unspecified atom stereocenters. The second kappa shape index (κ2) is 5.50. The third-order valence-electron chi connectivity index (χ3n) is 3.02. The first-order chi connectivity index (χ1) is 9.57. The van der Waals surface area contributed by atoms with Crippen molar-refractivity contribution in [3.8, 4) is 0 Å².